The molecule has 0 aliphatic heterocycles. The second-order valence-corrected chi connectivity index (χ2v) is 4.61. The Morgan fingerprint density at radius 3 is 2.72 bits per heavy atom. The number of aryl methyl sites for hydroxylation is 3. The molecule has 0 spiro atoms. The third kappa shape index (κ3) is 2.33. The molecule has 0 unspecified atom stereocenters. The fourth-order valence-corrected chi connectivity index (χ4v) is 2.10. The van der Waals surface area contributed by atoms with Gasteiger partial charge < -0.3 is 11.1 Å². The maximum absolute atomic E-state index is 5.73. The highest BCUT2D eigenvalue weighted by molar-refractivity contribution is 7.80. The lowest BCUT2D eigenvalue weighted by molar-refractivity contribution is 0.765. The summed E-state index contributed by atoms with van der Waals surface area (Å²) in [5.74, 6) is 0.785. The third-order valence-corrected chi connectivity index (χ3v) is 2.81. The Kier molecular flexibility index (Phi) is 3.29. The molecule has 3 N–H and O–H groups in total. The van der Waals surface area contributed by atoms with Crippen molar-refractivity contribution in [2.75, 3.05) is 5.32 Å². The van der Waals surface area contributed by atoms with Crippen molar-refractivity contribution in [2.24, 2.45) is 12.8 Å². The average molecular weight is 261 g/mol. The van der Waals surface area contributed by atoms with E-state index in [1.165, 1.54) is 0 Å². The first-order valence-corrected chi connectivity index (χ1v) is 5.92. The van der Waals surface area contributed by atoms with Gasteiger partial charge in [-0.2, -0.15) is 5.10 Å². The Bertz CT molecular complexity index is 603. The molecular formula is C12H15N5S. The van der Waals surface area contributed by atoms with Crippen LogP contribution in [0.3, 0.4) is 0 Å². The molecule has 0 bridgehead atoms. The minimum Gasteiger partial charge on any atom is -0.389 e. The van der Waals surface area contributed by atoms with Crippen molar-refractivity contribution in [1.82, 2.24) is 14.8 Å². The molecular weight excluding hydrogens is 246 g/mol. The smallest absolute Gasteiger partial charge is 0.138 e. The predicted octanol–water partition coefficient (Wildman–Crippen LogP) is 1.81. The number of aromatic nitrogens is 3. The van der Waals surface area contributed by atoms with Crippen molar-refractivity contribution in [3.8, 4) is 0 Å². The fraction of sp³-hybridized carbons (Fsp3) is 0.250. The lowest BCUT2D eigenvalue weighted by atomic mass is 10.2. The van der Waals surface area contributed by atoms with Crippen LogP contribution in [0.1, 0.15) is 16.8 Å². The summed E-state index contributed by atoms with van der Waals surface area (Å²) in [5, 5.41) is 7.57. The summed E-state index contributed by atoms with van der Waals surface area (Å²) in [6.07, 6.45) is 3.55. The highest BCUT2D eigenvalue weighted by Crippen LogP contribution is 2.23. The number of hydrogen-bond acceptors (Lipinski definition) is 4. The molecule has 94 valence electrons. The Morgan fingerprint density at radius 1 is 1.39 bits per heavy atom. The van der Waals surface area contributed by atoms with Gasteiger partial charge in [0.05, 0.1) is 23.1 Å². The summed E-state index contributed by atoms with van der Waals surface area (Å²) in [4.78, 5) is 4.47. The van der Waals surface area contributed by atoms with Gasteiger partial charge in [-0.1, -0.05) is 12.2 Å². The van der Waals surface area contributed by atoms with Crippen LogP contribution in [0.5, 0.6) is 0 Å². The van der Waals surface area contributed by atoms with E-state index in [1.54, 1.807) is 17.1 Å². The number of anilines is 2. The zero-order valence-corrected chi connectivity index (χ0v) is 11.4. The van der Waals surface area contributed by atoms with E-state index >= 15 is 0 Å². The first kappa shape index (κ1) is 12.5. The highest BCUT2D eigenvalue weighted by Gasteiger charge is 2.15. The molecule has 0 aliphatic rings. The third-order valence-electron chi connectivity index (χ3n) is 2.61. The number of hydrogen-bond donors (Lipinski definition) is 2. The molecule has 0 aromatic carbocycles. The van der Waals surface area contributed by atoms with E-state index < -0.39 is 0 Å². The Balaban J connectivity index is 2.43. The van der Waals surface area contributed by atoms with E-state index in [2.05, 4.69) is 15.4 Å². The van der Waals surface area contributed by atoms with Gasteiger partial charge >= 0.3 is 0 Å². The fourth-order valence-electron chi connectivity index (χ4n) is 1.86. The standard InChI is InChI=1S/C12H15N5S/c1-7-4-9(6-14-5-7)15-12-10(11(13)18)8(2)16-17(12)3/h4-6,15H,1-3H3,(H2,13,18). The second-order valence-electron chi connectivity index (χ2n) is 4.17. The van der Waals surface area contributed by atoms with E-state index in [1.807, 2.05) is 27.0 Å². The summed E-state index contributed by atoms with van der Waals surface area (Å²) in [5.41, 5.74) is 9.28. The zero-order chi connectivity index (χ0) is 13.3. The largest absolute Gasteiger partial charge is 0.389 e. The van der Waals surface area contributed by atoms with E-state index in [9.17, 15) is 0 Å². The van der Waals surface area contributed by atoms with Crippen LogP contribution in [0.2, 0.25) is 0 Å². The quantitative estimate of drug-likeness (QED) is 0.825. The molecule has 2 rings (SSSR count). The van der Waals surface area contributed by atoms with Gasteiger partial charge in [0.15, 0.2) is 0 Å². The van der Waals surface area contributed by atoms with Gasteiger partial charge in [-0.25, -0.2) is 0 Å². The van der Waals surface area contributed by atoms with Gasteiger partial charge in [0.1, 0.15) is 10.8 Å². The first-order chi connectivity index (χ1) is 8.49. The molecule has 18 heavy (non-hydrogen) atoms. The summed E-state index contributed by atoms with van der Waals surface area (Å²) in [7, 11) is 1.85. The topological polar surface area (TPSA) is 68.8 Å². The maximum Gasteiger partial charge on any atom is 0.138 e. The molecule has 2 aromatic rings. The Labute approximate surface area is 111 Å². The van der Waals surface area contributed by atoms with Crippen molar-refractivity contribution in [3.63, 3.8) is 0 Å². The molecule has 2 aromatic heterocycles. The zero-order valence-electron chi connectivity index (χ0n) is 10.6. The van der Waals surface area contributed by atoms with Crippen LogP contribution in [0.4, 0.5) is 11.5 Å². The van der Waals surface area contributed by atoms with Crippen LogP contribution >= 0.6 is 12.2 Å². The number of thiocarbonyl (C=S) groups is 1. The number of nitrogens with zero attached hydrogens (tertiary/aromatic N) is 3. The average Bonchev–Trinajstić information content (AvgIpc) is 2.53. The van der Waals surface area contributed by atoms with Crippen molar-refractivity contribution in [1.29, 1.82) is 0 Å². The summed E-state index contributed by atoms with van der Waals surface area (Å²) in [6.45, 7) is 3.87. The van der Waals surface area contributed by atoms with Gasteiger partial charge in [0, 0.05) is 13.2 Å². The van der Waals surface area contributed by atoms with Crippen LogP contribution in [0, 0.1) is 13.8 Å². The van der Waals surface area contributed by atoms with Crippen LogP contribution in [0.15, 0.2) is 18.5 Å². The summed E-state index contributed by atoms with van der Waals surface area (Å²) < 4.78 is 1.73. The van der Waals surface area contributed by atoms with Crippen molar-refractivity contribution in [3.05, 3.63) is 35.3 Å². The normalized spacial score (nSPS) is 10.4. The van der Waals surface area contributed by atoms with Crippen molar-refractivity contribution < 1.29 is 0 Å². The highest BCUT2D eigenvalue weighted by atomic mass is 32.1. The van der Waals surface area contributed by atoms with Crippen LogP contribution in [0.25, 0.3) is 0 Å². The molecule has 0 saturated carbocycles. The van der Waals surface area contributed by atoms with Gasteiger partial charge in [-0.3, -0.25) is 9.67 Å². The van der Waals surface area contributed by atoms with Gasteiger partial charge in [0.25, 0.3) is 0 Å². The minimum absolute atomic E-state index is 0.337. The molecule has 0 amide bonds. The van der Waals surface area contributed by atoms with Crippen molar-refractivity contribution >= 4 is 28.7 Å². The molecule has 0 aliphatic carbocycles. The molecule has 0 atom stereocenters. The summed E-state index contributed by atoms with van der Waals surface area (Å²) >= 11 is 5.06. The molecule has 6 heteroatoms. The molecule has 0 saturated heterocycles. The van der Waals surface area contributed by atoms with Crippen LogP contribution < -0.4 is 11.1 Å². The number of nitrogens with one attached hydrogen (secondary N) is 1. The molecule has 0 radical (unpaired) electrons. The monoisotopic (exact) mass is 261 g/mol. The Morgan fingerprint density at radius 2 is 2.11 bits per heavy atom. The van der Waals surface area contributed by atoms with Crippen LogP contribution in [-0.2, 0) is 7.05 Å². The van der Waals surface area contributed by atoms with E-state index in [0.29, 0.717) is 4.99 Å². The minimum atomic E-state index is 0.337. The van der Waals surface area contributed by atoms with Crippen LogP contribution in [-0.4, -0.2) is 19.8 Å². The molecule has 5 nitrogen and oxygen atoms in total. The van der Waals surface area contributed by atoms with Gasteiger partial charge in [-0.05, 0) is 25.5 Å². The van der Waals surface area contributed by atoms with Gasteiger partial charge in [0.2, 0.25) is 0 Å². The summed E-state index contributed by atoms with van der Waals surface area (Å²) in [6, 6.07) is 2.00. The molecule has 0 fully saturated rings. The number of pyridine rings is 1. The van der Waals surface area contributed by atoms with E-state index in [0.717, 1.165) is 28.3 Å². The van der Waals surface area contributed by atoms with Crippen molar-refractivity contribution in [2.45, 2.75) is 13.8 Å². The van der Waals surface area contributed by atoms with Gasteiger partial charge in [-0.15, -0.1) is 0 Å². The SMILES string of the molecule is Cc1cncc(Nc2c(C(N)=S)c(C)nn2C)c1. The first-order valence-electron chi connectivity index (χ1n) is 5.51. The second kappa shape index (κ2) is 4.73. The molecule has 2 heterocycles. The maximum atomic E-state index is 5.73. The predicted molar refractivity (Wildman–Crippen MR) is 76.1 cm³/mol. The van der Waals surface area contributed by atoms with E-state index in [-0.39, 0.29) is 0 Å². The lowest BCUT2D eigenvalue weighted by Crippen LogP contribution is -2.13. The number of rotatable bonds is 3. The van der Waals surface area contributed by atoms with E-state index in [4.69, 9.17) is 18.0 Å². The Hall–Kier alpha value is -1.95. The number of nitrogens with two attached hydrogens (primary N) is 1. The lowest BCUT2D eigenvalue weighted by Gasteiger charge is -2.09.